The molecule has 2 aromatic rings. The molecule has 0 bridgehead atoms. The van der Waals surface area contributed by atoms with Gasteiger partial charge in [-0.05, 0) is 12.5 Å². The fourth-order valence-electron chi connectivity index (χ4n) is 3.07. The number of benzene rings is 1. The van der Waals surface area contributed by atoms with Gasteiger partial charge in [-0.15, -0.1) is 11.3 Å². The number of hydrogen-bond acceptors (Lipinski definition) is 5. The summed E-state index contributed by atoms with van der Waals surface area (Å²) in [6.07, 6.45) is 0. The summed E-state index contributed by atoms with van der Waals surface area (Å²) in [6, 6.07) is 10.6. The Morgan fingerprint density at radius 3 is 2.83 bits per heavy atom. The van der Waals surface area contributed by atoms with Crippen LogP contribution in [0.2, 0.25) is 0 Å². The second-order valence-electron chi connectivity index (χ2n) is 6.13. The predicted octanol–water partition coefficient (Wildman–Crippen LogP) is 2.64. The normalized spacial score (nSPS) is 18.8. The van der Waals surface area contributed by atoms with Crippen molar-refractivity contribution < 1.29 is 9.53 Å². The van der Waals surface area contributed by atoms with Crippen LogP contribution in [0.1, 0.15) is 28.0 Å². The third kappa shape index (κ3) is 4.01. The topological polar surface area (TPSA) is 45.7 Å². The number of rotatable bonds is 5. The molecule has 1 aromatic heterocycles. The van der Waals surface area contributed by atoms with Crippen molar-refractivity contribution in [2.75, 3.05) is 26.7 Å². The van der Waals surface area contributed by atoms with E-state index in [4.69, 9.17) is 4.74 Å². The Kier molecular flexibility index (Phi) is 5.60. The number of carbonyl (C=O) groups excluding carboxylic acids is 1. The van der Waals surface area contributed by atoms with Crippen molar-refractivity contribution in [2.24, 2.45) is 0 Å². The van der Waals surface area contributed by atoms with Crippen LogP contribution in [-0.2, 0) is 17.9 Å². The van der Waals surface area contributed by atoms with Crippen molar-refractivity contribution in [2.45, 2.75) is 26.1 Å². The summed E-state index contributed by atoms with van der Waals surface area (Å²) < 4.78 is 5.07. The van der Waals surface area contributed by atoms with E-state index < -0.39 is 0 Å². The highest BCUT2D eigenvalue weighted by Gasteiger charge is 2.29. The van der Waals surface area contributed by atoms with Gasteiger partial charge in [-0.25, -0.2) is 4.98 Å². The Morgan fingerprint density at radius 1 is 1.33 bits per heavy atom. The van der Waals surface area contributed by atoms with Crippen LogP contribution >= 0.6 is 11.3 Å². The molecule has 2 heterocycles. The predicted molar refractivity (Wildman–Crippen MR) is 95.0 cm³/mol. The molecule has 128 valence electrons. The average Bonchev–Trinajstić information content (AvgIpc) is 3.04. The standard InChI is InChI=1S/C18H23N3O2S/c1-14-10-20(11-15-6-4-3-5-7-15)8-9-21(14)18(22)16-13-24-17(19-16)12-23-2/h3-7,13-14H,8-12H2,1-2H3/t14-/m1/s1. The highest BCUT2D eigenvalue weighted by Crippen LogP contribution is 2.18. The third-order valence-corrected chi connectivity index (χ3v) is 5.08. The van der Waals surface area contributed by atoms with E-state index in [2.05, 4.69) is 41.1 Å². The molecule has 3 rings (SSSR count). The van der Waals surface area contributed by atoms with Gasteiger partial charge in [-0.3, -0.25) is 9.69 Å². The second kappa shape index (κ2) is 7.88. The number of piperazine rings is 1. The van der Waals surface area contributed by atoms with Gasteiger partial charge in [0.2, 0.25) is 0 Å². The Bertz CT molecular complexity index is 674. The highest BCUT2D eigenvalue weighted by molar-refractivity contribution is 7.09. The molecule has 1 saturated heterocycles. The van der Waals surface area contributed by atoms with Gasteiger partial charge in [0.1, 0.15) is 10.7 Å². The first-order valence-corrected chi connectivity index (χ1v) is 9.06. The number of nitrogens with zero attached hydrogens (tertiary/aromatic N) is 3. The van der Waals surface area contributed by atoms with E-state index >= 15 is 0 Å². The van der Waals surface area contributed by atoms with Crippen LogP contribution in [0.5, 0.6) is 0 Å². The summed E-state index contributed by atoms with van der Waals surface area (Å²) >= 11 is 1.48. The van der Waals surface area contributed by atoms with Crippen LogP contribution < -0.4 is 0 Å². The van der Waals surface area contributed by atoms with Crippen LogP contribution in [0.25, 0.3) is 0 Å². The molecule has 6 heteroatoms. The monoisotopic (exact) mass is 345 g/mol. The van der Waals surface area contributed by atoms with E-state index in [0.29, 0.717) is 12.3 Å². The minimum Gasteiger partial charge on any atom is -0.378 e. The second-order valence-corrected chi connectivity index (χ2v) is 7.07. The smallest absolute Gasteiger partial charge is 0.273 e. The summed E-state index contributed by atoms with van der Waals surface area (Å²) in [7, 11) is 1.64. The minimum atomic E-state index is 0.0282. The molecule has 24 heavy (non-hydrogen) atoms. The number of ether oxygens (including phenoxy) is 1. The lowest BCUT2D eigenvalue weighted by atomic mass is 10.1. The number of aromatic nitrogens is 1. The third-order valence-electron chi connectivity index (χ3n) is 4.26. The number of carbonyl (C=O) groups is 1. The van der Waals surface area contributed by atoms with Gasteiger partial charge in [0, 0.05) is 44.7 Å². The van der Waals surface area contributed by atoms with Crippen LogP contribution in [0.4, 0.5) is 0 Å². The van der Waals surface area contributed by atoms with Crippen molar-refractivity contribution in [3.8, 4) is 0 Å². The average molecular weight is 345 g/mol. The van der Waals surface area contributed by atoms with Crippen molar-refractivity contribution in [1.82, 2.24) is 14.8 Å². The van der Waals surface area contributed by atoms with Crippen LogP contribution in [0, 0.1) is 0 Å². The minimum absolute atomic E-state index is 0.0282. The molecule has 0 unspecified atom stereocenters. The fourth-order valence-corrected chi connectivity index (χ4v) is 3.80. The highest BCUT2D eigenvalue weighted by atomic mass is 32.1. The lowest BCUT2D eigenvalue weighted by Crippen LogP contribution is -2.53. The maximum atomic E-state index is 12.7. The zero-order valence-corrected chi connectivity index (χ0v) is 15.0. The van der Waals surface area contributed by atoms with Gasteiger partial charge in [0.15, 0.2) is 0 Å². The molecule has 1 aliphatic heterocycles. The summed E-state index contributed by atoms with van der Waals surface area (Å²) in [4.78, 5) is 21.4. The van der Waals surface area contributed by atoms with Gasteiger partial charge in [-0.1, -0.05) is 30.3 Å². The molecule has 1 aliphatic rings. The summed E-state index contributed by atoms with van der Waals surface area (Å²) in [5, 5.41) is 2.68. The van der Waals surface area contributed by atoms with Gasteiger partial charge in [0.05, 0.1) is 6.61 Å². The van der Waals surface area contributed by atoms with Gasteiger partial charge in [0.25, 0.3) is 5.91 Å². The molecule has 0 saturated carbocycles. The molecule has 0 spiro atoms. The largest absolute Gasteiger partial charge is 0.378 e. The van der Waals surface area contributed by atoms with Crippen LogP contribution in [0.15, 0.2) is 35.7 Å². The van der Waals surface area contributed by atoms with Crippen molar-refractivity contribution in [3.63, 3.8) is 0 Å². The summed E-state index contributed by atoms with van der Waals surface area (Å²) in [5.41, 5.74) is 1.85. The zero-order chi connectivity index (χ0) is 16.9. The summed E-state index contributed by atoms with van der Waals surface area (Å²) in [6.45, 7) is 6.01. The first-order valence-electron chi connectivity index (χ1n) is 8.18. The molecule has 0 aliphatic carbocycles. The van der Waals surface area contributed by atoms with E-state index in [1.54, 1.807) is 7.11 Å². The van der Waals surface area contributed by atoms with Gasteiger partial charge >= 0.3 is 0 Å². The molecular weight excluding hydrogens is 322 g/mol. The number of hydrogen-bond donors (Lipinski definition) is 0. The molecule has 0 radical (unpaired) electrons. The quantitative estimate of drug-likeness (QED) is 0.836. The fraction of sp³-hybridized carbons (Fsp3) is 0.444. The Balaban J connectivity index is 1.59. The Labute approximate surface area is 146 Å². The maximum absolute atomic E-state index is 12.7. The Hall–Kier alpha value is -1.76. The number of methoxy groups -OCH3 is 1. The van der Waals surface area contributed by atoms with E-state index in [9.17, 15) is 4.79 Å². The Morgan fingerprint density at radius 2 is 2.12 bits per heavy atom. The first-order chi connectivity index (χ1) is 11.7. The van der Waals surface area contributed by atoms with Crippen LogP contribution in [-0.4, -0.2) is 53.5 Å². The molecule has 1 atom stereocenters. The van der Waals surface area contributed by atoms with Crippen molar-refractivity contribution in [3.05, 3.63) is 52.0 Å². The van der Waals surface area contributed by atoms with Crippen molar-refractivity contribution >= 4 is 17.2 Å². The van der Waals surface area contributed by atoms with Gasteiger partial charge in [-0.2, -0.15) is 0 Å². The lowest BCUT2D eigenvalue weighted by molar-refractivity contribution is 0.0470. The molecule has 5 nitrogen and oxygen atoms in total. The first kappa shape index (κ1) is 17.1. The van der Waals surface area contributed by atoms with E-state index in [0.717, 1.165) is 31.2 Å². The van der Waals surface area contributed by atoms with Crippen molar-refractivity contribution in [1.29, 1.82) is 0 Å². The molecule has 1 aromatic carbocycles. The number of thiazole rings is 1. The molecule has 1 fully saturated rings. The maximum Gasteiger partial charge on any atom is 0.273 e. The van der Waals surface area contributed by atoms with E-state index in [1.165, 1.54) is 16.9 Å². The summed E-state index contributed by atoms with van der Waals surface area (Å²) in [5.74, 6) is 0.0282. The SMILES string of the molecule is COCc1nc(C(=O)N2CCN(Cc3ccccc3)C[C@H]2C)cs1. The van der Waals surface area contributed by atoms with E-state index in [-0.39, 0.29) is 11.9 Å². The molecule has 0 N–H and O–H groups in total. The lowest BCUT2D eigenvalue weighted by Gasteiger charge is -2.39. The van der Waals surface area contributed by atoms with Crippen LogP contribution in [0.3, 0.4) is 0 Å². The van der Waals surface area contributed by atoms with E-state index in [1.807, 2.05) is 16.3 Å². The number of amides is 1. The molecule has 1 amide bonds. The zero-order valence-electron chi connectivity index (χ0n) is 14.1. The molecular formula is C18H23N3O2S. The van der Waals surface area contributed by atoms with Gasteiger partial charge < -0.3 is 9.64 Å².